The summed E-state index contributed by atoms with van der Waals surface area (Å²) >= 11 is 0. The van der Waals surface area contributed by atoms with E-state index in [-0.39, 0.29) is 5.54 Å². The summed E-state index contributed by atoms with van der Waals surface area (Å²) < 4.78 is 0. The van der Waals surface area contributed by atoms with Gasteiger partial charge in [0.25, 0.3) is 0 Å². The van der Waals surface area contributed by atoms with Gasteiger partial charge in [0.1, 0.15) is 0 Å². The van der Waals surface area contributed by atoms with E-state index in [2.05, 4.69) is 59.0 Å². The number of nitrogens with one attached hydrogen (secondary N) is 1. The van der Waals surface area contributed by atoms with Crippen LogP contribution in [-0.2, 0) is 6.42 Å². The smallest absolute Gasteiger partial charge is 0.0382 e. The Hall–Kier alpha value is -0.980. The second-order valence-electron chi connectivity index (χ2n) is 6.14. The highest BCUT2D eigenvalue weighted by Gasteiger charge is 2.36. The van der Waals surface area contributed by atoms with Crippen LogP contribution in [0.5, 0.6) is 0 Å². The molecule has 0 saturated carbocycles. The summed E-state index contributed by atoms with van der Waals surface area (Å²) in [5, 5.41) is 3.72. The van der Waals surface area contributed by atoms with Gasteiger partial charge in [-0.2, -0.15) is 0 Å². The fourth-order valence-corrected chi connectivity index (χ4v) is 3.00. The zero-order valence-electron chi connectivity index (χ0n) is 12.0. The van der Waals surface area contributed by atoms with Crippen LogP contribution in [0.4, 0.5) is 5.69 Å². The first-order valence-corrected chi connectivity index (χ1v) is 6.78. The quantitative estimate of drug-likeness (QED) is 0.750. The Balaban J connectivity index is 2.53. The van der Waals surface area contributed by atoms with E-state index in [1.807, 2.05) is 0 Å². The molecular weight excluding hydrogens is 206 g/mol. The van der Waals surface area contributed by atoms with Crippen molar-refractivity contribution < 1.29 is 0 Å². The standard InChI is InChI=1S/C16H25N/c1-7-13-9-15-14(8-10(13)2)11(3)12(4)16(5,6)17-15/h8-9,11-12,17H,7H2,1-6H3. The highest BCUT2D eigenvalue weighted by molar-refractivity contribution is 5.60. The molecule has 1 aliphatic heterocycles. The molecule has 1 aromatic carbocycles. The van der Waals surface area contributed by atoms with Gasteiger partial charge in [-0.3, -0.25) is 0 Å². The second kappa shape index (κ2) is 4.04. The Morgan fingerprint density at radius 1 is 1.24 bits per heavy atom. The van der Waals surface area contributed by atoms with Gasteiger partial charge in [-0.15, -0.1) is 0 Å². The molecule has 1 aliphatic rings. The van der Waals surface area contributed by atoms with E-state index < -0.39 is 0 Å². The molecule has 0 fully saturated rings. The first-order chi connectivity index (χ1) is 7.86. The predicted octanol–water partition coefficient (Wildman–Crippen LogP) is 4.50. The van der Waals surface area contributed by atoms with Gasteiger partial charge in [0, 0.05) is 11.2 Å². The molecule has 1 nitrogen and oxygen atoms in total. The van der Waals surface area contributed by atoms with Crippen LogP contribution in [0, 0.1) is 12.8 Å². The van der Waals surface area contributed by atoms with Gasteiger partial charge in [-0.1, -0.05) is 26.8 Å². The fourth-order valence-electron chi connectivity index (χ4n) is 3.00. The molecule has 1 heterocycles. The summed E-state index contributed by atoms with van der Waals surface area (Å²) in [5.74, 6) is 1.28. The fraction of sp³-hybridized carbons (Fsp3) is 0.625. The van der Waals surface area contributed by atoms with Crippen LogP contribution in [0.2, 0.25) is 0 Å². The maximum Gasteiger partial charge on any atom is 0.0382 e. The number of rotatable bonds is 1. The van der Waals surface area contributed by atoms with Crippen LogP contribution in [0.3, 0.4) is 0 Å². The van der Waals surface area contributed by atoms with Crippen molar-refractivity contribution in [3.05, 3.63) is 28.8 Å². The molecule has 94 valence electrons. The summed E-state index contributed by atoms with van der Waals surface area (Å²) in [4.78, 5) is 0. The SMILES string of the molecule is CCc1cc2c(cc1C)C(C)C(C)C(C)(C)N2. The van der Waals surface area contributed by atoms with Crippen molar-refractivity contribution in [3.8, 4) is 0 Å². The molecule has 0 bridgehead atoms. The number of benzene rings is 1. The average Bonchev–Trinajstić information content (AvgIpc) is 2.27. The summed E-state index contributed by atoms with van der Waals surface area (Å²) in [6.07, 6.45) is 1.12. The summed E-state index contributed by atoms with van der Waals surface area (Å²) in [7, 11) is 0. The second-order valence-corrected chi connectivity index (χ2v) is 6.14. The molecule has 1 aromatic rings. The molecular formula is C16H25N. The molecule has 0 spiro atoms. The number of anilines is 1. The minimum absolute atomic E-state index is 0.187. The highest BCUT2D eigenvalue weighted by atomic mass is 15.0. The molecule has 1 N–H and O–H groups in total. The van der Waals surface area contributed by atoms with Crippen LogP contribution in [0.1, 0.15) is 57.2 Å². The molecule has 0 saturated heterocycles. The van der Waals surface area contributed by atoms with Crippen molar-refractivity contribution >= 4 is 5.69 Å². The van der Waals surface area contributed by atoms with Crippen LogP contribution >= 0.6 is 0 Å². The molecule has 1 heteroatoms. The van der Waals surface area contributed by atoms with Gasteiger partial charge in [-0.25, -0.2) is 0 Å². The van der Waals surface area contributed by atoms with Crippen molar-refractivity contribution in [2.24, 2.45) is 5.92 Å². The highest BCUT2D eigenvalue weighted by Crippen LogP contribution is 2.43. The van der Waals surface area contributed by atoms with Gasteiger partial charge in [0.05, 0.1) is 0 Å². The maximum absolute atomic E-state index is 3.72. The maximum atomic E-state index is 3.72. The molecule has 0 aromatic heterocycles. The Morgan fingerprint density at radius 3 is 2.47 bits per heavy atom. The third kappa shape index (κ3) is 1.96. The van der Waals surface area contributed by atoms with Crippen molar-refractivity contribution in [2.75, 3.05) is 5.32 Å². The zero-order valence-corrected chi connectivity index (χ0v) is 12.0. The lowest BCUT2D eigenvalue weighted by Gasteiger charge is -2.44. The van der Waals surface area contributed by atoms with E-state index in [0.29, 0.717) is 11.8 Å². The number of hydrogen-bond donors (Lipinski definition) is 1. The third-order valence-electron chi connectivity index (χ3n) is 4.72. The Bertz CT molecular complexity index is 431. The van der Waals surface area contributed by atoms with Gasteiger partial charge in [0.15, 0.2) is 0 Å². The van der Waals surface area contributed by atoms with Crippen molar-refractivity contribution in [1.82, 2.24) is 0 Å². The topological polar surface area (TPSA) is 12.0 Å². The monoisotopic (exact) mass is 231 g/mol. The first-order valence-electron chi connectivity index (χ1n) is 6.78. The lowest BCUT2D eigenvalue weighted by Crippen LogP contribution is -2.44. The van der Waals surface area contributed by atoms with Crippen LogP contribution in [0.15, 0.2) is 12.1 Å². The van der Waals surface area contributed by atoms with Gasteiger partial charge < -0.3 is 5.32 Å². The molecule has 0 radical (unpaired) electrons. The van der Waals surface area contributed by atoms with E-state index >= 15 is 0 Å². The van der Waals surface area contributed by atoms with Crippen LogP contribution in [0.25, 0.3) is 0 Å². The van der Waals surface area contributed by atoms with Gasteiger partial charge in [0.2, 0.25) is 0 Å². The molecule has 2 unspecified atom stereocenters. The van der Waals surface area contributed by atoms with E-state index in [1.54, 1.807) is 0 Å². The van der Waals surface area contributed by atoms with Crippen molar-refractivity contribution in [2.45, 2.75) is 59.4 Å². The van der Waals surface area contributed by atoms with Gasteiger partial charge in [-0.05, 0) is 61.8 Å². The predicted molar refractivity (Wildman–Crippen MR) is 75.8 cm³/mol. The molecule has 0 aliphatic carbocycles. The van der Waals surface area contributed by atoms with Crippen LogP contribution in [-0.4, -0.2) is 5.54 Å². The van der Waals surface area contributed by atoms with Crippen LogP contribution < -0.4 is 5.32 Å². The Morgan fingerprint density at radius 2 is 1.88 bits per heavy atom. The van der Waals surface area contributed by atoms with Crippen molar-refractivity contribution in [3.63, 3.8) is 0 Å². The Labute approximate surface area is 106 Å². The van der Waals surface area contributed by atoms with Gasteiger partial charge >= 0.3 is 0 Å². The van der Waals surface area contributed by atoms with E-state index in [9.17, 15) is 0 Å². The zero-order chi connectivity index (χ0) is 12.8. The van der Waals surface area contributed by atoms with E-state index in [1.165, 1.54) is 22.4 Å². The molecule has 0 amide bonds. The van der Waals surface area contributed by atoms with E-state index in [4.69, 9.17) is 0 Å². The summed E-state index contributed by atoms with van der Waals surface area (Å²) in [6, 6.07) is 4.74. The van der Waals surface area contributed by atoms with E-state index in [0.717, 1.165) is 6.42 Å². The normalized spacial score (nSPS) is 26.2. The molecule has 17 heavy (non-hydrogen) atoms. The lowest BCUT2D eigenvalue weighted by atomic mass is 9.72. The summed E-state index contributed by atoms with van der Waals surface area (Å²) in [6.45, 7) is 13.8. The number of aryl methyl sites for hydroxylation is 2. The molecule has 2 atom stereocenters. The minimum Gasteiger partial charge on any atom is -0.380 e. The Kier molecular flexibility index (Phi) is 2.97. The molecule has 2 rings (SSSR count). The first kappa shape index (κ1) is 12.5. The third-order valence-corrected chi connectivity index (χ3v) is 4.72. The minimum atomic E-state index is 0.187. The lowest BCUT2D eigenvalue weighted by molar-refractivity contribution is 0.316. The largest absolute Gasteiger partial charge is 0.380 e. The average molecular weight is 231 g/mol. The summed E-state index contributed by atoms with van der Waals surface area (Å²) in [5.41, 5.74) is 5.93. The van der Waals surface area contributed by atoms with Crippen molar-refractivity contribution in [1.29, 1.82) is 0 Å². The number of hydrogen-bond acceptors (Lipinski definition) is 1. The number of fused-ring (bicyclic) bond motifs is 1.